The third kappa shape index (κ3) is 2.99. The standard InChI is InChI=1S/C17H15N5O2/c1-17(2)10-24-15-6-12(4-5-14(15)22(3)16(17)23)21-13(9-20)11(7-18)8-19/h4-6,21H,10H2,1-3H3. The molecule has 1 heterocycles. The number of fused-ring (bicyclic) bond motifs is 1. The van der Waals surface area contributed by atoms with Gasteiger partial charge in [0.1, 0.15) is 36.3 Å². The summed E-state index contributed by atoms with van der Waals surface area (Å²) < 4.78 is 5.74. The van der Waals surface area contributed by atoms with Gasteiger partial charge < -0.3 is 15.0 Å². The second-order valence-corrected chi connectivity index (χ2v) is 5.93. The lowest BCUT2D eigenvalue weighted by Gasteiger charge is -2.24. The average molecular weight is 321 g/mol. The van der Waals surface area contributed by atoms with E-state index in [1.54, 1.807) is 57.3 Å². The van der Waals surface area contributed by atoms with Crippen LogP contribution in [0.25, 0.3) is 0 Å². The zero-order valence-corrected chi connectivity index (χ0v) is 13.5. The first-order chi connectivity index (χ1) is 11.3. The molecule has 24 heavy (non-hydrogen) atoms. The van der Waals surface area contributed by atoms with Crippen molar-refractivity contribution in [2.45, 2.75) is 13.8 Å². The van der Waals surface area contributed by atoms with Gasteiger partial charge in [-0.2, -0.15) is 15.8 Å². The van der Waals surface area contributed by atoms with Gasteiger partial charge in [0.2, 0.25) is 5.91 Å². The smallest absolute Gasteiger partial charge is 0.235 e. The van der Waals surface area contributed by atoms with Crippen LogP contribution in [0.1, 0.15) is 13.8 Å². The van der Waals surface area contributed by atoms with Gasteiger partial charge in [0.15, 0.2) is 5.57 Å². The molecule has 120 valence electrons. The normalized spacial score (nSPS) is 14.8. The Kier molecular flexibility index (Phi) is 4.44. The van der Waals surface area contributed by atoms with Crippen LogP contribution in [0.4, 0.5) is 11.4 Å². The van der Waals surface area contributed by atoms with E-state index in [0.717, 1.165) is 0 Å². The van der Waals surface area contributed by atoms with Gasteiger partial charge in [0.25, 0.3) is 0 Å². The molecule has 1 N–H and O–H groups in total. The number of hydrogen-bond donors (Lipinski definition) is 1. The third-order valence-electron chi connectivity index (χ3n) is 3.65. The van der Waals surface area contributed by atoms with Crippen molar-refractivity contribution in [3.8, 4) is 24.0 Å². The molecule has 1 aromatic rings. The zero-order chi connectivity index (χ0) is 17.9. The molecule has 0 saturated heterocycles. The molecular weight excluding hydrogens is 306 g/mol. The molecule has 0 radical (unpaired) electrons. The van der Waals surface area contributed by atoms with E-state index in [1.165, 1.54) is 4.90 Å². The van der Waals surface area contributed by atoms with E-state index < -0.39 is 5.41 Å². The summed E-state index contributed by atoms with van der Waals surface area (Å²) in [6.07, 6.45) is 0. The number of allylic oxidation sites excluding steroid dienone is 2. The molecule has 0 fully saturated rings. The van der Waals surface area contributed by atoms with Crippen molar-refractivity contribution in [3.63, 3.8) is 0 Å². The highest BCUT2D eigenvalue weighted by atomic mass is 16.5. The molecule has 0 aromatic heterocycles. The number of rotatable bonds is 2. The van der Waals surface area contributed by atoms with Crippen LogP contribution in [0.3, 0.4) is 0 Å². The number of carbonyl (C=O) groups is 1. The van der Waals surface area contributed by atoms with Crippen molar-refractivity contribution in [1.82, 2.24) is 0 Å². The Morgan fingerprint density at radius 1 is 1.25 bits per heavy atom. The maximum absolute atomic E-state index is 12.4. The first-order valence-electron chi connectivity index (χ1n) is 7.10. The zero-order valence-electron chi connectivity index (χ0n) is 13.5. The van der Waals surface area contributed by atoms with Crippen molar-refractivity contribution < 1.29 is 9.53 Å². The van der Waals surface area contributed by atoms with Crippen molar-refractivity contribution in [2.75, 3.05) is 23.9 Å². The maximum atomic E-state index is 12.4. The van der Waals surface area contributed by atoms with Crippen molar-refractivity contribution in [2.24, 2.45) is 5.41 Å². The van der Waals surface area contributed by atoms with E-state index >= 15 is 0 Å². The fourth-order valence-electron chi connectivity index (χ4n) is 2.30. The second kappa shape index (κ2) is 6.32. The van der Waals surface area contributed by atoms with E-state index in [2.05, 4.69) is 5.32 Å². The van der Waals surface area contributed by atoms with Crippen LogP contribution in [-0.2, 0) is 4.79 Å². The summed E-state index contributed by atoms with van der Waals surface area (Å²) in [5, 5.41) is 29.6. The van der Waals surface area contributed by atoms with Crippen LogP contribution in [0, 0.1) is 39.4 Å². The molecule has 1 aliphatic heterocycles. The lowest BCUT2D eigenvalue weighted by atomic mass is 9.93. The molecule has 7 nitrogen and oxygen atoms in total. The molecule has 0 spiro atoms. The molecule has 0 unspecified atom stereocenters. The number of anilines is 2. The Hall–Kier alpha value is -3.50. The van der Waals surface area contributed by atoms with Crippen LogP contribution in [0.5, 0.6) is 5.75 Å². The summed E-state index contributed by atoms with van der Waals surface area (Å²) in [6.45, 7) is 3.83. The lowest BCUT2D eigenvalue weighted by molar-refractivity contribution is -0.127. The van der Waals surface area contributed by atoms with Gasteiger partial charge in [-0.1, -0.05) is 0 Å². The largest absolute Gasteiger partial charge is 0.490 e. The minimum Gasteiger partial charge on any atom is -0.490 e. The Labute approximate surface area is 140 Å². The summed E-state index contributed by atoms with van der Waals surface area (Å²) in [6, 6.07) is 10.1. The molecule has 2 rings (SSSR count). The molecule has 1 amide bonds. The number of nitrogens with zero attached hydrogens (tertiary/aromatic N) is 4. The van der Waals surface area contributed by atoms with Gasteiger partial charge >= 0.3 is 0 Å². The number of nitrogens with one attached hydrogen (secondary N) is 1. The van der Waals surface area contributed by atoms with E-state index in [1.807, 2.05) is 0 Å². The summed E-state index contributed by atoms with van der Waals surface area (Å²) in [5.41, 5.74) is -0.0122. The Balaban J connectivity index is 2.41. The monoisotopic (exact) mass is 321 g/mol. The van der Waals surface area contributed by atoms with Crippen LogP contribution in [0.15, 0.2) is 29.5 Å². The van der Waals surface area contributed by atoms with Crippen LogP contribution in [0.2, 0.25) is 0 Å². The van der Waals surface area contributed by atoms with Crippen molar-refractivity contribution in [1.29, 1.82) is 15.8 Å². The number of hydrogen-bond acceptors (Lipinski definition) is 6. The topological polar surface area (TPSA) is 113 Å². The summed E-state index contributed by atoms with van der Waals surface area (Å²) in [7, 11) is 1.68. The summed E-state index contributed by atoms with van der Waals surface area (Å²) in [5.74, 6) is 0.421. The molecule has 1 aliphatic rings. The fourth-order valence-corrected chi connectivity index (χ4v) is 2.30. The molecule has 7 heteroatoms. The average Bonchev–Trinajstić information content (AvgIpc) is 2.66. The highest BCUT2D eigenvalue weighted by Crippen LogP contribution is 2.37. The Bertz CT molecular complexity index is 833. The number of benzene rings is 1. The molecule has 0 saturated carbocycles. The Morgan fingerprint density at radius 2 is 1.92 bits per heavy atom. The van der Waals surface area contributed by atoms with Crippen molar-refractivity contribution >= 4 is 17.3 Å². The van der Waals surface area contributed by atoms with Crippen LogP contribution in [-0.4, -0.2) is 19.6 Å². The van der Waals surface area contributed by atoms with Crippen LogP contribution < -0.4 is 15.0 Å². The molecule has 0 atom stereocenters. The van der Waals surface area contributed by atoms with Gasteiger partial charge in [-0.05, 0) is 26.0 Å². The lowest BCUT2D eigenvalue weighted by Crippen LogP contribution is -2.39. The molecule has 1 aromatic carbocycles. The minimum absolute atomic E-state index is 0.0594. The third-order valence-corrected chi connectivity index (χ3v) is 3.65. The van der Waals surface area contributed by atoms with Gasteiger partial charge in [0, 0.05) is 18.8 Å². The number of nitriles is 3. The summed E-state index contributed by atoms with van der Waals surface area (Å²) >= 11 is 0. The maximum Gasteiger partial charge on any atom is 0.235 e. The van der Waals surface area contributed by atoms with Crippen molar-refractivity contribution in [3.05, 3.63) is 29.5 Å². The van der Waals surface area contributed by atoms with Gasteiger partial charge in [-0.3, -0.25) is 4.79 Å². The van der Waals surface area contributed by atoms with Gasteiger partial charge in [-0.25, -0.2) is 0 Å². The predicted octanol–water partition coefficient (Wildman–Crippen LogP) is 2.30. The van der Waals surface area contributed by atoms with Crippen LogP contribution >= 0.6 is 0 Å². The van der Waals surface area contributed by atoms with Gasteiger partial charge in [-0.15, -0.1) is 0 Å². The quantitative estimate of drug-likeness (QED) is 0.836. The molecule has 0 bridgehead atoms. The van der Waals surface area contributed by atoms with E-state index in [4.69, 9.17) is 20.5 Å². The van der Waals surface area contributed by atoms with E-state index in [-0.39, 0.29) is 23.8 Å². The fraction of sp³-hybridized carbons (Fsp3) is 0.294. The first kappa shape index (κ1) is 16.9. The van der Waals surface area contributed by atoms with E-state index in [9.17, 15) is 4.79 Å². The Morgan fingerprint density at radius 3 is 2.50 bits per heavy atom. The molecule has 0 aliphatic carbocycles. The second-order valence-electron chi connectivity index (χ2n) is 5.93. The number of carbonyl (C=O) groups excluding carboxylic acids is 1. The highest BCUT2D eigenvalue weighted by molar-refractivity contribution is 5.99. The SMILES string of the molecule is CN1C(=O)C(C)(C)COc2cc(NC(C#N)=C(C#N)C#N)ccc21. The number of amides is 1. The van der Waals surface area contributed by atoms with E-state index in [0.29, 0.717) is 17.1 Å². The first-order valence-corrected chi connectivity index (χ1v) is 7.10. The number of ether oxygens (including phenoxy) is 1. The predicted molar refractivity (Wildman–Crippen MR) is 86.6 cm³/mol. The minimum atomic E-state index is -0.659. The van der Waals surface area contributed by atoms with Gasteiger partial charge in [0.05, 0.1) is 11.1 Å². The summed E-state index contributed by atoms with van der Waals surface area (Å²) in [4.78, 5) is 13.9. The molecular formula is C17H15N5O2. The highest BCUT2D eigenvalue weighted by Gasteiger charge is 2.36.